The van der Waals surface area contributed by atoms with Crippen LogP contribution in [0.2, 0.25) is 0 Å². The molecule has 0 fully saturated rings. The van der Waals surface area contributed by atoms with Crippen LogP contribution in [0.1, 0.15) is 25.5 Å². The van der Waals surface area contributed by atoms with Gasteiger partial charge < -0.3 is 15.2 Å². The van der Waals surface area contributed by atoms with E-state index >= 15 is 0 Å². The molecule has 1 aliphatic heterocycles. The summed E-state index contributed by atoms with van der Waals surface area (Å²) in [6.07, 6.45) is 0. The highest BCUT2D eigenvalue weighted by Gasteiger charge is 2.42. The van der Waals surface area contributed by atoms with Gasteiger partial charge >= 0.3 is 0 Å². The fourth-order valence-corrected chi connectivity index (χ4v) is 2.19. The molecule has 0 amide bonds. The topological polar surface area (TPSA) is 41.5 Å². The molecule has 1 aliphatic rings. The van der Waals surface area contributed by atoms with Crippen LogP contribution in [-0.2, 0) is 0 Å². The van der Waals surface area contributed by atoms with Crippen LogP contribution in [0.15, 0.2) is 24.3 Å². The maximum Gasteiger partial charge on any atom is 0.282 e. The van der Waals surface area contributed by atoms with Gasteiger partial charge in [-0.3, -0.25) is 0 Å². The zero-order valence-electron chi connectivity index (χ0n) is 10.4. The van der Waals surface area contributed by atoms with Crippen molar-refractivity contribution in [3.63, 3.8) is 0 Å². The van der Waals surface area contributed by atoms with Crippen LogP contribution in [0.25, 0.3) is 0 Å². The number of aliphatic hydroxyl groups is 1. The molecule has 0 spiro atoms. The summed E-state index contributed by atoms with van der Waals surface area (Å²) >= 11 is 0. The molecule has 1 aromatic carbocycles. The molecule has 1 atom stereocenters. The van der Waals surface area contributed by atoms with Gasteiger partial charge in [-0.25, -0.2) is 8.78 Å². The standard InChI is InChI=1S/C13H17F2NO2/c1-12(2)11(16-7-13(14,15)8-17)9-5-3-4-6-10(9)18-12/h3-6,11,16-17H,7-8H2,1-2H3. The first kappa shape index (κ1) is 13.2. The minimum absolute atomic E-state index is 0.314. The normalized spacial score (nSPS) is 21.5. The summed E-state index contributed by atoms with van der Waals surface area (Å²) < 4.78 is 31.9. The number of aliphatic hydroxyl groups excluding tert-OH is 1. The lowest BCUT2D eigenvalue weighted by atomic mass is 9.94. The third kappa shape index (κ3) is 2.47. The highest BCUT2D eigenvalue weighted by Crippen LogP contribution is 2.42. The average molecular weight is 257 g/mol. The van der Waals surface area contributed by atoms with Gasteiger partial charge in [-0.15, -0.1) is 0 Å². The second-order valence-electron chi connectivity index (χ2n) is 5.07. The maximum atomic E-state index is 13.1. The van der Waals surface area contributed by atoms with E-state index in [1.165, 1.54) is 0 Å². The van der Waals surface area contributed by atoms with E-state index < -0.39 is 24.7 Å². The molecule has 0 aliphatic carbocycles. The predicted octanol–water partition coefficient (Wildman–Crippen LogP) is 2.12. The molecular formula is C13H17F2NO2. The van der Waals surface area contributed by atoms with E-state index in [4.69, 9.17) is 9.84 Å². The van der Waals surface area contributed by atoms with Gasteiger partial charge in [-0.1, -0.05) is 18.2 Å². The zero-order chi connectivity index (χ0) is 13.4. The summed E-state index contributed by atoms with van der Waals surface area (Å²) in [5, 5.41) is 11.4. The van der Waals surface area contributed by atoms with Gasteiger partial charge in [0.15, 0.2) is 0 Å². The lowest BCUT2D eigenvalue weighted by Crippen LogP contribution is -2.44. The van der Waals surface area contributed by atoms with Gasteiger partial charge in [0.25, 0.3) is 5.92 Å². The Morgan fingerprint density at radius 2 is 2.06 bits per heavy atom. The SMILES string of the molecule is CC1(C)Oc2ccccc2C1NCC(F)(F)CO. The minimum atomic E-state index is -3.12. The molecule has 1 heterocycles. The van der Waals surface area contributed by atoms with Crippen molar-refractivity contribution in [3.05, 3.63) is 29.8 Å². The summed E-state index contributed by atoms with van der Waals surface area (Å²) in [5.41, 5.74) is 0.283. The number of hydrogen-bond donors (Lipinski definition) is 2. The highest BCUT2D eigenvalue weighted by atomic mass is 19.3. The third-order valence-electron chi connectivity index (χ3n) is 3.09. The van der Waals surface area contributed by atoms with Gasteiger partial charge in [-0.2, -0.15) is 0 Å². The molecule has 0 radical (unpaired) electrons. The van der Waals surface area contributed by atoms with Crippen LogP contribution in [0.5, 0.6) is 5.75 Å². The second kappa shape index (κ2) is 4.48. The van der Waals surface area contributed by atoms with Crippen LogP contribution in [-0.4, -0.2) is 29.8 Å². The fourth-order valence-electron chi connectivity index (χ4n) is 2.19. The highest BCUT2D eigenvalue weighted by molar-refractivity contribution is 5.42. The monoisotopic (exact) mass is 257 g/mol. The van der Waals surface area contributed by atoms with Crippen LogP contribution >= 0.6 is 0 Å². The van der Waals surface area contributed by atoms with Crippen molar-refractivity contribution in [2.24, 2.45) is 0 Å². The Morgan fingerprint density at radius 1 is 1.39 bits per heavy atom. The number of nitrogens with one attached hydrogen (secondary N) is 1. The van der Waals surface area contributed by atoms with Crippen LogP contribution in [0, 0.1) is 0 Å². The fraction of sp³-hybridized carbons (Fsp3) is 0.538. The first-order valence-electron chi connectivity index (χ1n) is 5.86. The number of alkyl halides is 2. The Morgan fingerprint density at radius 3 is 2.72 bits per heavy atom. The lowest BCUT2D eigenvalue weighted by Gasteiger charge is -2.28. The van der Waals surface area contributed by atoms with Crippen molar-refractivity contribution in [3.8, 4) is 5.75 Å². The van der Waals surface area contributed by atoms with Crippen molar-refractivity contribution >= 4 is 0 Å². The van der Waals surface area contributed by atoms with Crippen LogP contribution in [0.4, 0.5) is 8.78 Å². The summed E-state index contributed by atoms with van der Waals surface area (Å²) in [4.78, 5) is 0. The van der Waals surface area contributed by atoms with E-state index in [-0.39, 0.29) is 6.04 Å². The predicted molar refractivity (Wildman–Crippen MR) is 63.9 cm³/mol. The molecule has 0 saturated carbocycles. The molecule has 0 aromatic heterocycles. The van der Waals surface area contributed by atoms with Gasteiger partial charge in [-0.05, 0) is 19.9 Å². The third-order valence-corrected chi connectivity index (χ3v) is 3.09. The largest absolute Gasteiger partial charge is 0.486 e. The van der Waals surface area contributed by atoms with E-state index in [1.54, 1.807) is 0 Å². The average Bonchev–Trinajstić information content (AvgIpc) is 2.56. The summed E-state index contributed by atoms with van der Waals surface area (Å²) in [6, 6.07) is 7.07. The van der Waals surface area contributed by atoms with E-state index in [0.29, 0.717) is 5.75 Å². The smallest absolute Gasteiger partial charge is 0.282 e. The van der Waals surface area contributed by atoms with E-state index in [0.717, 1.165) is 5.56 Å². The number of ether oxygens (including phenoxy) is 1. The molecule has 0 saturated heterocycles. The second-order valence-corrected chi connectivity index (χ2v) is 5.07. The molecule has 1 unspecified atom stereocenters. The molecule has 2 N–H and O–H groups in total. The molecule has 100 valence electrons. The number of rotatable bonds is 4. The van der Waals surface area contributed by atoms with Crippen molar-refractivity contribution in [1.29, 1.82) is 0 Å². The van der Waals surface area contributed by atoms with Crippen molar-refractivity contribution in [1.82, 2.24) is 5.32 Å². The first-order valence-corrected chi connectivity index (χ1v) is 5.86. The summed E-state index contributed by atoms with van der Waals surface area (Å²) in [5.74, 6) is -2.40. The maximum absolute atomic E-state index is 13.1. The Hall–Kier alpha value is -1.20. The molecule has 5 heteroatoms. The summed E-state index contributed by atoms with van der Waals surface area (Å²) in [6.45, 7) is 1.97. The van der Waals surface area contributed by atoms with Gasteiger partial charge in [0.1, 0.15) is 18.0 Å². The number of fused-ring (bicyclic) bond motifs is 1. The van der Waals surface area contributed by atoms with Gasteiger partial charge in [0.05, 0.1) is 12.6 Å². The van der Waals surface area contributed by atoms with Crippen molar-refractivity contribution < 1.29 is 18.6 Å². The van der Waals surface area contributed by atoms with Gasteiger partial charge in [0.2, 0.25) is 0 Å². The number of hydrogen-bond acceptors (Lipinski definition) is 3. The number of para-hydroxylation sites is 1. The van der Waals surface area contributed by atoms with Crippen LogP contribution in [0.3, 0.4) is 0 Å². The molecule has 2 rings (SSSR count). The van der Waals surface area contributed by atoms with E-state index in [2.05, 4.69) is 5.32 Å². The van der Waals surface area contributed by atoms with Crippen LogP contribution < -0.4 is 10.1 Å². The van der Waals surface area contributed by atoms with Crippen molar-refractivity contribution in [2.75, 3.05) is 13.2 Å². The summed E-state index contributed by atoms with van der Waals surface area (Å²) in [7, 11) is 0. The molecular weight excluding hydrogens is 240 g/mol. The van der Waals surface area contributed by atoms with E-state index in [1.807, 2.05) is 38.1 Å². The minimum Gasteiger partial charge on any atom is -0.486 e. The Labute approximate surface area is 105 Å². The zero-order valence-corrected chi connectivity index (χ0v) is 10.4. The lowest BCUT2D eigenvalue weighted by molar-refractivity contribution is -0.0531. The molecule has 0 bridgehead atoms. The molecule has 1 aromatic rings. The number of halogens is 2. The van der Waals surface area contributed by atoms with E-state index in [9.17, 15) is 8.78 Å². The Balaban J connectivity index is 2.16. The molecule has 18 heavy (non-hydrogen) atoms. The Kier molecular flexibility index (Phi) is 3.29. The first-order chi connectivity index (χ1) is 8.36. The molecule has 3 nitrogen and oxygen atoms in total. The van der Waals surface area contributed by atoms with Crippen molar-refractivity contribution in [2.45, 2.75) is 31.4 Å². The van der Waals surface area contributed by atoms with Gasteiger partial charge in [0, 0.05) is 5.56 Å². The Bertz CT molecular complexity index is 435. The quantitative estimate of drug-likeness (QED) is 0.868. The number of benzene rings is 1.